The number of carbonyl (C=O) groups excluding carboxylic acids is 3. The van der Waals surface area contributed by atoms with Crippen LogP contribution in [0.25, 0.3) is 0 Å². The van der Waals surface area contributed by atoms with Crippen molar-refractivity contribution in [1.82, 2.24) is 14.8 Å². The molecule has 4 heterocycles. The van der Waals surface area contributed by atoms with Crippen LogP contribution in [0.5, 0.6) is 5.75 Å². The van der Waals surface area contributed by atoms with Crippen LogP contribution in [0.1, 0.15) is 51.4 Å². The van der Waals surface area contributed by atoms with E-state index in [1.165, 1.54) is 7.11 Å². The number of anilines is 1. The average Bonchev–Trinajstić information content (AvgIpc) is 3.03. The zero-order valence-corrected chi connectivity index (χ0v) is 22.9. The normalized spacial score (nSPS) is 23.4. The van der Waals surface area contributed by atoms with Crippen molar-refractivity contribution in [2.45, 2.75) is 58.2 Å². The van der Waals surface area contributed by atoms with E-state index in [1.54, 1.807) is 30.6 Å². The maximum absolute atomic E-state index is 14.0. The van der Waals surface area contributed by atoms with Crippen molar-refractivity contribution in [3.63, 3.8) is 0 Å². The molecule has 198 valence electrons. The van der Waals surface area contributed by atoms with E-state index in [4.69, 9.17) is 37.4 Å². The molecular formula is C24H32Cl2N4O6. The third-order valence-electron chi connectivity index (χ3n) is 6.73. The molecule has 36 heavy (non-hydrogen) atoms. The molecule has 4 rings (SSSR count). The Morgan fingerprint density at radius 2 is 1.86 bits per heavy atom. The Balaban J connectivity index is 1.68. The molecule has 0 N–H and O–H groups in total. The maximum atomic E-state index is 14.0. The van der Waals surface area contributed by atoms with Crippen LogP contribution in [-0.4, -0.2) is 89.8 Å². The molecule has 2 atom stereocenters. The first-order valence-electron chi connectivity index (χ1n) is 11.9. The lowest BCUT2D eigenvalue weighted by atomic mass is 9.96. The van der Waals surface area contributed by atoms with Gasteiger partial charge in [-0.25, -0.2) is 9.78 Å². The van der Waals surface area contributed by atoms with Crippen molar-refractivity contribution in [2.75, 3.05) is 44.8 Å². The Morgan fingerprint density at radius 3 is 2.50 bits per heavy atom. The fourth-order valence-electron chi connectivity index (χ4n) is 5.05. The monoisotopic (exact) mass is 542 g/mol. The first kappa shape index (κ1) is 26.6. The van der Waals surface area contributed by atoms with E-state index >= 15 is 0 Å². The van der Waals surface area contributed by atoms with Gasteiger partial charge in [-0.2, -0.15) is 0 Å². The van der Waals surface area contributed by atoms with E-state index in [-0.39, 0.29) is 52.4 Å². The number of amides is 2. The van der Waals surface area contributed by atoms with Gasteiger partial charge in [-0.1, -0.05) is 23.2 Å². The number of carbonyl (C=O) groups is 3. The SMILES string of the molecule is COC(=O)C1CN(c2nc(Cl)c(Cl)c3c2C(=O)N2CCN(C(=O)OC(C)(C)C)CC2CO3)C(C)(C)C1. The third-order valence-corrected chi connectivity index (χ3v) is 7.46. The topological polar surface area (TPSA) is 102 Å². The van der Waals surface area contributed by atoms with Crippen LogP contribution in [0.4, 0.5) is 10.6 Å². The molecule has 3 aliphatic heterocycles. The van der Waals surface area contributed by atoms with Crippen molar-refractivity contribution in [2.24, 2.45) is 5.92 Å². The van der Waals surface area contributed by atoms with E-state index in [0.29, 0.717) is 31.9 Å². The number of fused-ring (bicyclic) bond motifs is 2. The van der Waals surface area contributed by atoms with Gasteiger partial charge in [0.15, 0.2) is 10.9 Å². The van der Waals surface area contributed by atoms with Crippen LogP contribution in [0.15, 0.2) is 0 Å². The molecule has 0 aromatic carbocycles. The van der Waals surface area contributed by atoms with Gasteiger partial charge in [-0.3, -0.25) is 9.59 Å². The van der Waals surface area contributed by atoms with Gasteiger partial charge in [0.1, 0.15) is 28.6 Å². The summed E-state index contributed by atoms with van der Waals surface area (Å²) in [6, 6.07) is -0.414. The molecule has 2 saturated heterocycles. The van der Waals surface area contributed by atoms with Gasteiger partial charge in [-0.15, -0.1) is 0 Å². The molecule has 0 bridgehead atoms. The summed E-state index contributed by atoms with van der Waals surface area (Å²) >= 11 is 12.9. The minimum absolute atomic E-state index is 0.00536. The predicted octanol–water partition coefficient (Wildman–Crippen LogP) is 3.62. The Hall–Kier alpha value is -2.46. The van der Waals surface area contributed by atoms with E-state index in [1.807, 2.05) is 18.7 Å². The van der Waals surface area contributed by atoms with E-state index in [2.05, 4.69) is 4.98 Å². The van der Waals surface area contributed by atoms with Gasteiger partial charge in [0.25, 0.3) is 5.91 Å². The molecule has 2 fully saturated rings. The molecule has 12 heteroatoms. The highest BCUT2D eigenvalue weighted by Gasteiger charge is 2.47. The summed E-state index contributed by atoms with van der Waals surface area (Å²) < 4.78 is 16.5. The quantitative estimate of drug-likeness (QED) is 0.412. The van der Waals surface area contributed by atoms with Crippen molar-refractivity contribution in [3.05, 3.63) is 15.7 Å². The fourth-order valence-corrected chi connectivity index (χ4v) is 5.41. The van der Waals surface area contributed by atoms with E-state index in [0.717, 1.165) is 0 Å². The van der Waals surface area contributed by atoms with Crippen molar-refractivity contribution in [3.8, 4) is 5.75 Å². The second-order valence-electron chi connectivity index (χ2n) is 11.0. The molecule has 3 aliphatic rings. The molecule has 0 spiro atoms. The number of esters is 1. The number of hydrogen-bond donors (Lipinski definition) is 0. The Morgan fingerprint density at radius 1 is 1.17 bits per heavy atom. The maximum Gasteiger partial charge on any atom is 0.410 e. The van der Waals surface area contributed by atoms with Crippen LogP contribution in [0, 0.1) is 5.92 Å². The largest absolute Gasteiger partial charge is 0.489 e. The van der Waals surface area contributed by atoms with Gasteiger partial charge in [0.05, 0.1) is 19.1 Å². The van der Waals surface area contributed by atoms with Crippen molar-refractivity contribution >= 4 is 47.0 Å². The average molecular weight is 543 g/mol. The zero-order chi connectivity index (χ0) is 26.6. The number of nitrogens with zero attached hydrogens (tertiary/aromatic N) is 4. The number of hydrogen-bond acceptors (Lipinski definition) is 8. The first-order chi connectivity index (χ1) is 16.7. The molecule has 10 nitrogen and oxygen atoms in total. The van der Waals surface area contributed by atoms with Gasteiger partial charge in [-0.05, 0) is 41.0 Å². The summed E-state index contributed by atoms with van der Waals surface area (Å²) in [5.74, 6) is -0.542. The van der Waals surface area contributed by atoms with E-state index < -0.39 is 23.3 Å². The van der Waals surface area contributed by atoms with Crippen molar-refractivity contribution in [1.29, 1.82) is 0 Å². The Bertz CT molecular complexity index is 1090. The minimum Gasteiger partial charge on any atom is -0.489 e. The number of pyridine rings is 1. The summed E-state index contributed by atoms with van der Waals surface area (Å²) in [4.78, 5) is 48.6. The van der Waals surface area contributed by atoms with E-state index in [9.17, 15) is 14.4 Å². The number of piperazine rings is 1. The number of halogens is 2. The lowest BCUT2D eigenvalue weighted by molar-refractivity contribution is -0.144. The second-order valence-corrected chi connectivity index (χ2v) is 11.7. The summed E-state index contributed by atoms with van der Waals surface area (Å²) in [7, 11) is 1.36. The molecule has 0 radical (unpaired) electrons. The van der Waals surface area contributed by atoms with Crippen LogP contribution in [0.2, 0.25) is 10.2 Å². The molecule has 2 unspecified atom stereocenters. The highest BCUT2D eigenvalue weighted by Crippen LogP contribution is 2.46. The van der Waals surface area contributed by atoms with Crippen LogP contribution in [0.3, 0.4) is 0 Å². The highest BCUT2D eigenvalue weighted by molar-refractivity contribution is 6.42. The zero-order valence-electron chi connectivity index (χ0n) is 21.4. The molecular weight excluding hydrogens is 511 g/mol. The minimum atomic E-state index is -0.629. The van der Waals surface area contributed by atoms with Gasteiger partial charge in [0.2, 0.25) is 0 Å². The molecule has 0 saturated carbocycles. The standard InChI is InChI=1S/C24H32Cl2N4O6/c1-23(2,3)36-22(33)28-7-8-29-14(11-28)12-35-17-15(20(29)31)19(27-18(26)16(17)25)30-10-13(21(32)34-6)9-24(30,4)5/h13-14H,7-12H2,1-6H3. The summed E-state index contributed by atoms with van der Waals surface area (Å²) in [5, 5.41) is 0.0555. The molecule has 0 aliphatic carbocycles. The molecule has 1 aromatic heterocycles. The molecule has 2 amide bonds. The summed E-state index contributed by atoms with van der Waals surface area (Å²) in [6.07, 6.45) is 0.0789. The second kappa shape index (κ2) is 9.45. The Kier molecular flexibility index (Phi) is 6.98. The van der Waals surface area contributed by atoms with Gasteiger partial charge in [0, 0.05) is 31.7 Å². The van der Waals surface area contributed by atoms with Gasteiger partial charge >= 0.3 is 12.1 Å². The number of ether oxygens (including phenoxy) is 3. The summed E-state index contributed by atoms with van der Waals surface area (Å²) in [6.45, 7) is 10.6. The summed E-state index contributed by atoms with van der Waals surface area (Å²) in [5.41, 5.74) is -0.940. The number of methoxy groups -OCH3 is 1. The first-order valence-corrected chi connectivity index (χ1v) is 12.6. The lowest BCUT2D eigenvalue weighted by Gasteiger charge is -2.40. The Labute approximate surface area is 220 Å². The number of aromatic nitrogens is 1. The fraction of sp³-hybridized carbons (Fsp3) is 0.667. The van der Waals surface area contributed by atoms with Crippen LogP contribution in [-0.2, 0) is 14.3 Å². The molecule has 1 aromatic rings. The lowest BCUT2D eigenvalue weighted by Crippen LogP contribution is -2.58. The third kappa shape index (κ3) is 4.89. The van der Waals surface area contributed by atoms with Gasteiger partial charge < -0.3 is 28.9 Å². The van der Waals surface area contributed by atoms with Crippen LogP contribution >= 0.6 is 23.2 Å². The predicted molar refractivity (Wildman–Crippen MR) is 134 cm³/mol. The number of rotatable bonds is 2. The van der Waals surface area contributed by atoms with Crippen LogP contribution < -0.4 is 9.64 Å². The smallest absolute Gasteiger partial charge is 0.410 e. The van der Waals surface area contributed by atoms with Crippen molar-refractivity contribution < 1.29 is 28.6 Å². The highest BCUT2D eigenvalue weighted by atomic mass is 35.5.